The Hall–Kier alpha value is -1.33. The van der Waals surface area contributed by atoms with Crippen molar-refractivity contribution in [3.63, 3.8) is 0 Å². The number of ether oxygens (including phenoxy) is 2. The van der Waals surface area contributed by atoms with Crippen LogP contribution in [0.25, 0.3) is 10.8 Å². The molecule has 2 aliphatic heterocycles. The van der Waals surface area contributed by atoms with E-state index in [2.05, 4.69) is 0 Å². The van der Waals surface area contributed by atoms with Gasteiger partial charge in [0.1, 0.15) is 0 Å². The van der Waals surface area contributed by atoms with Crippen LogP contribution in [0.15, 0.2) is 47.4 Å². The van der Waals surface area contributed by atoms with E-state index >= 15 is 0 Å². The zero-order valence-corrected chi connectivity index (χ0v) is 17.8. The van der Waals surface area contributed by atoms with E-state index in [9.17, 15) is 21.6 Å². The Morgan fingerprint density at radius 2 is 1.80 bits per heavy atom. The van der Waals surface area contributed by atoms with Crippen molar-refractivity contribution in [3.8, 4) is 0 Å². The number of halogens is 3. The van der Waals surface area contributed by atoms with Crippen molar-refractivity contribution in [1.29, 1.82) is 0 Å². The molecule has 4 rings (SSSR count). The van der Waals surface area contributed by atoms with Gasteiger partial charge < -0.3 is 9.47 Å². The van der Waals surface area contributed by atoms with Crippen LogP contribution in [-0.4, -0.2) is 44.4 Å². The summed E-state index contributed by atoms with van der Waals surface area (Å²) in [6, 6.07) is 12.4. The maximum Gasteiger partial charge on any atom is 0.523 e. The summed E-state index contributed by atoms with van der Waals surface area (Å²) in [6.45, 7) is 0.581. The minimum Gasteiger partial charge on any atom is -0.353 e. The minimum absolute atomic E-state index is 0.0795. The van der Waals surface area contributed by atoms with Gasteiger partial charge in [-0.2, -0.15) is 21.6 Å². The highest BCUT2D eigenvalue weighted by atomic mass is 32.3. The van der Waals surface area contributed by atoms with Gasteiger partial charge in [0.2, 0.25) is 0 Å². The molecule has 2 fully saturated rings. The average molecular weight is 465 g/mol. The van der Waals surface area contributed by atoms with E-state index in [-0.39, 0.29) is 11.5 Å². The van der Waals surface area contributed by atoms with Crippen molar-refractivity contribution in [2.24, 2.45) is 0 Å². The van der Waals surface area contributed by atoms with Crippen LogP contribution in [0, 0.1) is 0 Å². The normalized spacial score (nSPS) is 30.2. The molecule has 0 aliphatic carbocycles. The predicted molar refractivity (Wildman–Crippen MR) is 109 cm³/mol. The summed E-state index contributed by atoms with van der Waals surface area (Å²) < 4.78 is 80.3. The smallest absolute Gasteiger partial charge is 0.353 e. The molecular weight excluding hydrogens is 441 g/mol. The average Bonchev–Trinajstić information content (AvgIpc) is 3.10. The zero-order valence-electron chi connectivity index (χ0n) is 16.1. The van der Waals surface area contributed by atoms with Gasteiger partial charge in [-0.1, -0.05) is 46.7 Å². The second-order valence-electron chi connectivity index (χ2n) is 7.47. The third-order valence-corrected chi connectivity index (χ3v) is 10.6. The molecule has 3 unspecified atom stereocenters. The second-order valence-corrected chi connectivity index (χ2v) is 12.2. The Morgan fingerprint density at radius 3 is 2.53 bits per heavy atom. The zero-order chi connectivity index (χ0) is 21.4. The van der Waals surface area contributed by atoms with Crippen molar-refractivity contribution in [3.05, 3.63) is 42.5 Å². The topological polar surface area (TPSA) is 61.8 Å². The number of benzene rings is 2. The molecule has 2 heterocycles. The molecule has 3 atom stereocenters. The lowest BCUT2D eigenvalue weighted by atomic mass is 10.1. The lowest BCUT2D eigenvalue weighted by molar-refractivity contribution is -0.182. The summed E-state index contributed by atoms with van der Waals surface area (Å²) in [4.78, 5) is 0.504. The van der Waals surface area contributed by atoms with Gasteiger partial charge in [0.25, 0.3) is 0 Å². The minimum atomic E-state index is -5.76. The van der Waals surface area contributed by atoms with Gasteiger partial charge in [-0.25, -0.2) is 3.63 Å². The predicted octanol–water partition coefficient (Wildman–Crippen LogP) is 5.10. The number of rotatable bonds is 5. The molecule has 0 aromatic heterocycles. The maximum absolute atomic E-state index is 13.2. The number of hydrogen-bond donors (Lipinski definition) is 0. The highest BCUT2D eigenvalue weighted by Gasteiger charge is 2.53. The summed E-state index contributed by atoms with van der Waals surface area (Å²) >= 11 is 0. The van der Waals surface area contributed by atoms with Crippen molar-refractivity contribution in [2.75, 3.05) is 18.1 Å². The van der Waals surface area contributed by atoms with E-state index in [1.165, 1.54) is 0 Å². The van der Waals surface area contributed by atoms with Crippen molar-refractivity contribution in [1.82, 2.24) is 0 Å². The molecule has 30 heavy (non-hydrogen) atoms. The summed E-state index contributed by atoms with van der Waals surface area (Å²) in [7, 11) is -8.56. The fourth-order valence-corrected chi connectivity index (χ4v) is 9.39. The van der Waals surface area contributed by atoms with Crippen molar-refractivity contribution in [2.45, 2.75) is 48.5 Å². The summed E-state index contributed by atoms with van der Waals surface area (Å²) in [6.07, 6.45) is 2.19. The van der Waals surface area contributed by atoms with Crippen LogP contribution in [0.1, 0.15) is 25.7 Å². The first-order chi connectivity index (χ1) is 14.2. The van der Waals surface area contributed by atoms with Gasteiger partial charge in [0.15, 0.2) is 6.29 Å². The van der Waals surface area contributed by atoms with E-state index in [0.717, 1.165) is 24.6 Å². The standard InChI is InChI=1S/C20H23F3O5S2/c21-20(22,23)30(24,25)28-29(18-9-5-7-15-6-1-2-8-17(15)18)13-11-16(14-29)27-19-10-3-4-12-26-19/h1-2,5-9,16,19H,3-4,10-14H2. The molecule has 0 saturated carbocycles. The number of fused-ring (bicyclic) bond motifs is 1. The highest BCUT2D eigenvalue weighted by molar-refractivity contribution is 8.33. The Morgan fingerprint density at radius 1 is 1.03 bits per heavy atom. The quantitative estimate of drug-likeness (QED) is 0.576. The molecule has 5 nitrogen and oxygen atoms in total. The molecule has 2 aliphatic rings. The molecule has 0 bridgehead atoms. The third-order valence-electron chi connectivity index (χ3n) is 5.36. The lowest BCUT2D eigenvalue weighted by Crippen LogP contribution is -2.30. The van der Waals surface area contributed by atoms with Gasteiger partial charge in [-0.3, -0.25) is 0 Å². The third kappa shape index (κ3) is 4.34. The Bertz CT molecular complexity index is 1000. The van der Waals surface area contributed by atoms with E-state index < -0.39 is 38.3 Å². The van der Waals surface area contributed by atoms with Crippen LogP contribution < -0.4 is 0 Å². The summed E-state index contributed by atoms with van der Waals surface area (Å²) in [5.74, 6) is 0.254. The lowest BCUT2D eigenvalue weighted by Gasteiger charge is -2.36. The summed E-state index contributed by atoms with van der Waals surface area (Å²) in [5.41, 5.74) is -5.48. The first-order valence-corrected chi connectivity index (χ1v) is 13.1. The largest absolute Gasteiger partial charge is 0.523 e. The fourth-order valence-electron chi connectivity index (χ4n) is 3.96. The van der Waals surface area contributed by atoms with E-state index in [1.807, 2.05) is 18.2 Å². The van der Waals surface area contributed by atoms with Gasteiger partial charge in [-0.05, 0) is 42.5 Å². The number of alkyl halides is 3. The molecule has 10 heteroatoms. The maximum atomic E-state index is 13.2. The van der Waals surface area contributed by atoms with Gasteiger partial charge in [-0.15, -0.1) is 0 Å². The van der Waals surface area contributed by atoms with Crippen LogP contribution in [0.3, 0.4) is 0 Å². The van der Waals surface area contributed by atoms with Crippen LogP contribution in [0.4, 0.5) is 13.2 Å². The Kier molecular flexibility index (Phi) is 6.06. The molecule has 0 spiro atoms. The van der Waals surface area contributed by atoms with E-state index in [0.29, 0.717) is 23.3 Å². The first-order valence-electron chi connectivity index (χ1n) is 9.76. The molecular formula is C20H23F3O5S2. The molecule has 0 amide bonds. The Balaban J connectivity index is 1.71. The van der Waals surface area contributed by atoms with Crippen molar-refractivity contribution >= 4 is 31.2 Å². The van der Waals surface area contributed by atoms with E-state index in [4.69, 9.17) is 13.1 Å². The highest BCUT2D eigenvalue weighted by Crippen LogP contribution is 2.65. The molecule has 0 radical (unpaired) electrons. The second kappa shape index (κ2) is 8.31. The van der Waals surface area contributed by atoms with Gasteiger partial charge in [0, 0.05) is 23.0 Å². The fraction of sp³-hybridized carbons (Fsp3) is 0.500. The molecule has 166 valence electrons. The molecule has 2 saturated heterocycles. The molecule has 2 aromatic rings. The first kappa shape index (κ1) is 21.9. The van der Waals surface area contributed by atoms with E-state index in [1.54, 1.807) is 24.3 Å². The SMILES string of the molecule is O=S(=O)(OS1(c2cccc3ccccc23)CCC(OC2CCCCO2)C1)C(F)(F)F. The monoisotopic (exact) mass is 464 g/mol. The summed E-state index contributed by atoms with van der Waals surface area (Å²) in [5, 5.41) is 1.51. The molecule has 2 aromatic carbocycles. The van der Waals surface area contributed by atoms with Gasteiger partial charge in [0.05, 0.1) is 6.10 Å². The number of hydrogen-bond acceptors (Lipinski definition) is 5. The van der Waals surface area contributed by atoms with Crippen LogP contribution in [0.5, 0.6) is 0 Å². The van der Waals surface area contributed by atoms with Gasteiger partial charge >= 0.3 is 15.6 Å². The van der Waals surface area contributed by atoms with Crippen LogP contribution in [0.2, 0.25) is 0 Å². The van der Waals surface area contributed by atoms with Crippen LogP contribution >= 0.6 is 10.3 Å². The van der Waals surface area contributed by atoms with Crippen molar-refractivity contribution < 1.29 is 34.7 Å². The van der Waals surface area contributed by atoms with Crippen LogP contribution in [-0.2, 0) is 23.2 Å². The molecule has 0 N–H and O–H groups in total. The Labute approximate surface area is 175 Å².